The Hall–Kier alpha value is -3.07. The van der Waals surface area contributed by atoms with E-state index in [9.17, 15) is 9.18 Å². The van der Waals surface area contributed by atoms with Gasteiger partial charge in [-0.1, -0.05) is 30.8 Å². The SMILES string of the molecule is CCc1nnc2n1N[C@@H](c1ccc(F)cc1)[C@@H](C(=O)Nc1ccc(OC)cc1)S2. The second kappa shape index (κ2) is 8.12. The molecule has 2 aromatic carbocycles. The Kier molecular flexibility index (Phi) is 5.39. The lowest BCUT2D eigenvalue weighted by Gasteiger charge is -2.33. The Balaban J connectivity index is 1.63. The van der Waals surface area contributed by atoms with Crippen molar-refractivity contribution in [1.29, 1.82) is 0 Å². The fraction of sp³-hybridized carbons (Fsp3) is 0.250. The monoisotopic (exact) mass is 413 g/mol. The molecule has 2 heterocycles. The predicted molar refractivity (Wildman–Crippen MR) is 109 cm³/mol. The van der Waals surface area contributed by atoms with Gasteiger partial charge in [0.05, 0.1) is 13.2 Å². The number of nitrogens with one attached hydrogen (secondary N) is 2. The third-order valence-corrected chi connectivity index (χ3v) is 5.88. The number of amides is 1. The van der Waals surface area contributed by atoms with Gasteiger partial charge in [-0.3, -0.25) is 4.79 Å². The molecule has 3 aromatic rings. The Labute approximate surface area is 171 Å². The van der Waals surface area contributed by atoms with Gasteiger partial charge in [-0.25, -0.2) is 9.07 Å². The number of benzene rings is 2. The highest BCUT2D eigenvalue weighted by atomic mass is 32.2. The first-order chi connectivity index (χ1) is 14.1. The maximum atomic E-state index is 13.4. The lowest BCUT2D eigenvalue weighted by atomic mass is 10.0. The third-order valence-electron chi connectivity index (χ3n) is 4.67. The Morgan fingerprint density at radius 2 is 1.93 bits per heavy atom. The average Bonchev–Trinajstić information content (AvgIpc) is 3.16. The second-order valence-corrected chi connectivity index (χ2v) is 7.61. The molecule has 0 radical (unpaired) electrons. The number of carbonyl (C=O) groups is 1. The van der Waals surface area contributed by atoms with Crippen LogP contribution in [-0.4, -0.2) is 33.1 Å². The summed E-state index contributed by atoms with van der Waals surface area (Å²) < 4.78 is 20.4. The number of hydrogen-bond donors (Lipinski definition) is 2. The topological polar surface area (TPSA) is 81.1 Å². The molecule has 1 aliphatic heterocycles. The van der Waals surface area contributed by atoms with Crippen LogP contribution in [0, 0.1) is 5.82 Å². The molecule has 0 spiro atoms. The summed E-state index contributed by atoms with van der Waals surface area (Å²) in [5, 5.41) is 11.4. The molecule has 4 rings (SSSR count). The number of thioether (sulfide) groups is 1. The van der Waals surface area contributed by atoms with E-state index in [1.165, 1.54) is 23.9 Å². The van der Waals surface area contributed by atoms with Crippen LogP contribution in [0.4, 0.5) is 10.1 Å². The number of fused-ring (bicyclic) bond motifs is 1. The third kappa shape index (κ3) is 3.91. The molecule has 0 aliphatic carbocycles. The Morgan fingerprint density at radius 3 is 2.59 bits per heavy atom. The van der Waals surface area contributed by atoms with Crippen molar-refractivity contribution < 1.29 is 13.9 Å². The molecule has 1 aliphatic rings. The molecular weight excluding hydrogens is 393 g/mol. The van der Waals surface area contributed by atoms with E-state index in [0.29, 0.717) is 23.0 Å². The van der Waals surface area contributed by atoms with Crippen LogP contribution >= 0.6 is 11.8 Å². The zero-order valence-electron chi connectivity index (χ0n) is 15.9. The highest BCUT2D eigenvalue weighted by molar-refractivity contribution is 8.00. The fourth-order valence-electron chi connectivity index (χ4n) is 3.14. The fourth-order valence-corrected chi connectivity index (χ4v) is 4.23. The molecule has 150 valence electrons. The van der Waals surface area contributed by atoms with Gasteiger partial charge in [0.25, 0.3) is 0 Å². The van der Waals surface area contributed by atoms with Gasteiger partial charge >= 0.3 is 0 Å². The highest BCUT2D eigenvalue weighted by Crippen LogP contribution is 2.37. The smallest absolute Gasteiger partial charge is 0.240 e. The van der Waals surface area contributed by atoms with E-state index in [1.54, 1.807) is 48.2 Å². The van der Waals surface area contributed by atoms with Crippen LogP contribution in [0.25, 0.3) is 0 Å². The van der Waals surface area contributed by atoms with Gasteiger partial charge in [0.2, 0.25) is 11.1 Å². The quantitative estimate of drug-likeness (QED) is 0.667. The van der Waals surface area contributed by atoms with Gasteiger partial charge in [0, 0.05) is 12.1 Å². The lowest BCUT2D eigenvalue weighted by Crippen LogP contribution is -2.41. The van der Waals surface area contributed by atoms with E-state index in [-0.39, 0.29) is 17.8 Å². The second-order valence-electron chi connectivity index (χ2n) is 6.50. The van der Waals surface area contributed by atoms with Crippen molar-refractivity contribution in [2.24, 2.45) is 0 Å². The lowest BCUT2D eigenvalue weighted by molar-refractivity contribution is -0.116. The zero-order valence-corrected chi connectivity index (χ0v) is 16.7. The number of nitrogens with zero attached hydrogens (tertiary/aromatic N) is 3. The van der Waals surface area contributed by atoms with Crippen molar-refractivity contribution in [3.63, 3.8) is 0 Å². The molecule has 0 unspecified atom stereocenters. The largest absolute Gasteiger partial charge is 0.497 e. The summed E-state index contributed by atoms with van der Waals surface area (Å²) in [4.78, 5) is 13.1. The van der Waals surface area contributed by atoms with Crippen LogP contribution < -0.4 is 15.5 Å². The summed E-state index contributed by atoms with van der Waals surface area (Å²) in [6.07, 6.45) is 0.694. The van der Waals surface area contributed by atoms with E-state index in [2.05, 4.69) is 20.9 Å². The molecule has 0 saturated heterocycles. The Bertz CT molecular complexity index is 1010. The first-order valence-corrected chi connectivity index (χ1v) is 10.0. The van der Waals surface area contributed by atoms with Crippen molar-refractivity contribution >= 4 is 23.4 Å². The van der Waals surface area contributed by atoms with E-state index in [1.807, 2.05) is 6.92 Å². The standard InChI is InChI=1S/C20H20FN5O2S/c1-3-16-23-24-20-26(16)25-17(12-4-6-13(21)7-5-12)18(29-20)19(27)22-14-8-10-15(28-2)11-9-14/h4-11,17-18,25H,3H2,1-2H3,(H,22,27)/t17-,18-/m0/s1. The van der Waals surface area contributed by atoms with Gasteiger partial charge in [0.1, 0.15) is 16.8 Å². The van der Waals surface area contributed by atoms with Gasteiger partial charge in [0.15, 0.2) is 5.82 Å². The molecule has 9 heteroatoms. The van der Waals surface area contributed by atoms with Gasteiger partial charge in [-0.2, -0.15) is 0 Å². The number of aromatic nitrogens is 3. The average molecular weight is 413 g/mol. The van der Waals surface area contributed by atoms with Crippen molar-refractivity contribution in [3.8, 4) is 5.75 Å². The summed E-state index contributed by atoms with van der Waals surface area (Å²) in [7, 11) is 1.59. The Morgan fingerprint density at radius 1 is 1.21 bits per heavy atom. The molecule has 2 N–H and O–H groups in total. The van der Waals surface area contributed by atoms with Crippen LogP contribution in [0.2, 0.25) is 0 Å². The minimum Gasteiger partial charge on any atom is -0.497 e. The molecule has 1 aromatic heterocycles. The van der Waals surface area contributed by atoms with E-state index in [0.717, 1.165) is 11.4 Å². The zero-order chi connectivity index (χ0) is 20.4. The number of methoxy groups -OCH3 is 1. The summed E-state index contributed by atoms with van der Waals surface area (Å²) in [5.74, 6) is 0.972. The minimum atomic E-state index is -0.524. The van der Waals surface area contributed by atoms with Crippen LogP contribution in [-0.2, 0) is 11.2 Å². The number of aryl methyl sites for hydroxylation is 1. The summed E-state index contributed by atoms with van der Waals surface area (Å²) in [6, 6.07) is 12.9. The van der Waals surface area contributed by atoms with E-state index < -0.39 is 5.25 Å². The normalized spacial score (nSPS) is 17.9. The molecule has 7 nitrogen and oxygen atoms in total. The number of anilines is 1. The maximum absolute atomic E-state index is 13.4. The maximum Gasteiger partial charge on any atom is 0.240 e. The first-order valence-electron chi connectivity index (χ1n) is 9.17. The van der Waals surface area contributed by atoms with Gasteiger partial charge in [-0.15, -0.1) is 10.2 Å². The summed E-state index contributed by atoms with van der Waals surface area (Å²) in [5.41, 5.74) is 4.80. The van der Waals surface area contributed by atoms with Crippen molar-refractivity contribution in [3.05, 3.63) is 65.7 Å². The summed E-state index contributed by atoms with van der Waals surface area (Å²) in [6.45, 7) is 1.99. The van der Waals surface area contributed by atoms with Crippen molar-refractivity contribution in [2.75, 3.05) is 17.9 Å². The molecular formula is C20H20FN5O2S. The van der Waals surface area contributed by atoms with Crippen LogP contribution in [0.15, 0.2) is 53.7 Å². The molecule has 0 bridgehead atoms. The first kappa shape index (κ1) is 19.3. The van der Waals surface area contributed by atoms with Gasteiger partial charge in [-0.05, 0) is 42.0 Å². The minimum absolute atomic E-state index is 0.186. The molecule has 0 fully saturated rings. The van der Waals surface area contributed by atoms with Crippen molar-refractivity contribution in [2.45, 2.75) is 29.8 Å². The van der Waals surface area contributed by atoms with E-state index in [4.69, 9.17) is 4.74 Å². The van der Waals surface area contributed by atoms with E-state index >= 15 is 0 Å². The molecule has 2 atom stereocenters. The van der Waals surface area contributed by atoms with Crippen LogP contribution in [0.1, 0.15) is 24.4 Å². The molecule has 29 heavy (non-hydrogen) atoms. The highest BCUT2D eigenvalue weighted by Gasteiger charge is 2.37. The molecule has 0 saturated carbocycles. The number of carbonyl (C=O) groups excluding carboxylic acids is 1. The van der Waals surface area contributed by atoms with Gasteiger partial charge < -0.3 is 15.5 Å². The molecule has 1 amide bonds. The van der Waals surface area contributed by atoms with Crippen LogP contribution in [0.5, 0.6) is 5.75 Å². The summed E-state index contributed by atoms with van der Waals surface area (Å²) >= 11 is 1.33. The number of ether oxygens (including phenoxy) is 1. The number of hydrogen-bond acceptors (Lipinski definition) is 6. The van der Waals surface area contributed by atoms with Crippen molar-refractivity contribution in [1.82, 2.24) is 14.9 Å². The number of rotatable bonds is 5. The van der Waals surface area contributed by atoms with Crippen LogP contribution in [0.3, 0.4) is 0 Å². The predicted octanol–water partition coefficient (Wildman–Crippen LogP) is 3.39. The number of halogens is 1.